The standard InChI is InChI=1S/C19H25N7O3/c1-27-18-15(12-22-19(24-18)28-2)14-13-23-26-16(4-6-21-17(14)26)20-5-3-7-25-8-10-29-11-9-25/h4,6,12-13,20H,3,5,7-11H2,1-2H3. The number of hydrogen-bond acceptors (Lipinski definition) is 9. The SMILES string of the molecule is COc1ncc(-c2cnn3c(NCCCN4CCOCC4)ccnc23)c(OC)n1. The maximum atomic E-state index is 5.40. The lowest BCUT2D eigenvalue weighted by Gasteiger charge is -2.26. The molecule has 0 unspecified atom stereocenters. The van der Waals surface area contributed by atoms with Crippen LogP contribution in [0.15, 0.2) is 24.7 Å². The van der Waals surface area contributed by atoms with Crippen molar-refractivity contribution < 1.29 is 14.2 Å². The van der Waals surface area contributed by atoms with Crippen LogP contribution in [0.25, 0.3) is 16.8 Å². The molecular formula is C19H25N7O3. The first-order valence-corrected chi connectivity index (χ1v) is 9.62. The molecule has 10 heteroatoms. The molecule has 29 heavy (non-hydrogen) atoms. The van der Waals surface area contributed by atoms with Crippen LogP contribution >= 0.6 is 0 Å². The molecule has 0 atom stereocenters. The van der Waals surface area contributed by atoms with E-state index >= 15 is 0 Å². The fourth-order valence-corrected chi connectivity index (χ4v) is 3.35. The molecule has 154 valence electrons. The van der Waals surface area contributed by atoms with Gasteiger partial charge in [-0.1, -0.05) is 0 Å². The van der Waals surface area contributed by atoms with Gasteiger partial charge in [-0.2, -0.15) is 14.6 Å². The monoisotopic (exact) mass is 399 g/mol. The van der Waals surface area contributed by atoms with Crippen LogP contribution in [0.3, 0.4) is 0 Å². The molecule has 0 aliphatic carbocycles. The van der Waals surface area contributed by atoms with E-state index in [0.717, 1.165) is 57.2 Å². The molecule has 0 bridgehead atoms. The van der Waals surface area contributed by atoms with E-state index in [9.17, 15) is 0 Å². The van der Waals surface area contributed by atoms with Gasteiger partial charge < -0.3 is 19.5 Å². The molecule has 1 aliphatic rings. The van der Waals surface area contributed by atoms with Crippen LogP contribution in [0.5, 0.6) is 11.9 Å². The van der Waals surface area contributed by atoms with Gasteiger partial charge in [0.15, 0.2) is 5.65 Å². The number of methoxy groups -OCH3 is 2. The zero-order valence-electron chi connectivity index (χ0n) is 16.7. The van der Waals surface area contributed by atoms with Gasteiger partial charge in [-0.25, -0.2) is 9.97 Å². The van der Waals surface area contributed by atoms with E-state index in [1.54, 1.807) is 30.2 Å². The van der Waals surface area contributed by atoms with Crippen molar-refractivity contribution in [3.05, 3.63) is 24.7 Å². The number of anilines is 1. The molecule has 0 amide bonds. The van der Waals surface area contributed by atoms with Crippen molar-refractivity contribution in [1.82, 2.24) is 29.5 Å². The van der Waals surface area contributed by atoms with E-state index in [0.29, 0.717) is 17.1 Å². The van der Waals surface area contributed by atoms with E-state index in [2.05, 4.69) is 30.3 Å². The maximum absolute atomic E-state index is 5.40. The van der Waals surface area contributed by atoms with Gasteiger partial charge in [0.05, 0.1) is 44.8 Å². The predicted molar refractivity (Wildman–Crippen MR) is 107 cm³/mol. The molecule has 1 saturated heterocycles. The highest BCUT2D eigenvalue weighted by molar-refractivity contribution is 5.80. The Morgan fingerprint density at radius 3 is 2.76 bits per heavy atom. The summed E-state index contributed by atoms with van der Waals surface area (Å²) in [5, 5.41) is 7.96. The Hall–Kier alpha value is -2.98. The smallest absolute Gasteiger partial charge is 0.319 e. The zero-order chi connectivity index (χ0) is 20.1. The number of nitrogens with one attached hydrogen (secondary N) is 1. The Bertz CT molecular complexity index is 956. The second-order valence-electron chi connectivity index (χ2n) is 6.64. The quantitative estimate of drug-likeness (QED) is 0.563. The Labute approximate surface area is 168 Å². The molecule has 0 saturated carbocycles. The highest BCUT2D eigenvalue weighted by atomic mass is 16.5. The molecule has 4 rings (SSSR count). The lowest BCUT2D eigenvalue weighted by Crippen LogP contribution is -2.37. The first kappa shape index (κ1) is 19.3. The van der Waals surface area contributed by atoms with Gasteiger partial charge in [-0.3, -0.25) is 4.90 Å². The number of hydrogen-bond donors (Lipinski definition) is 1. The summed E-state index contributed by atoms with van der Waals surface area (Å²) in [7, 11) is 3.08. The van der Waals surface area contributed by atoms with E-state index in [1.165, 1.54) is 7.11 Å². The van der Waals surface area contributed by atoms with Gasteiger partial charge in [0.1, 0.15) is 5.82 Å². The van der Waals surface area contributed by atoms with Gasteiger partial charge >= 0.3 is 6.01 Å². The fraction of sp³-hybridized carbons (Fsp3) is 0.474. The third kappa shape index (κ3) is 4.22. The van der Waals surface area contributed by atoms with Crippen molar-refractivity contribution in [2.45, 2.75) is 6.42 Å². The first-order valence-electron chi connectivity index (χ1n) is 9.62. The summed E-state index contributed by atoms with van der Waals surface area (Å²) in [4.78, 5) is 15.4. The Kier molecular flexibility index (Phi) is 6.01. The maximum Gasteiger partial charge on any atom is 0.319 e. The van der Waals surface area contributed by atoms with E-state index < -0.39 is 0 Å². The van der Waals surface area contributed by atoms with Crippen LogP contribution in [-0.4, -0.2) is 83.1 Å². The number of nitrogens with zero attached hydrogens (tertiary/aromatic N) is 6. The minimum absolute atomic E-state index is 0.248. The van der Waals surface area contributed by atoms with Crippen molar-refractivity contribution in [3.8, 4) is 23.0 Å². The summed E-state index contributed by atoms with van der Waals surface area (Å²) < 4.78 is 17.7. The number of ether oxygens (including phenoxy) is 3. The highest BCUT2D eigenvalue weighted by Gasteiger charge is 2.17. The molecule has 0 radical (unpaired) electrons. The summed E-state index contributed by atoms with van der Waals surface area (Å²) in [6.45, 7) is 5.57. The second-order valence-corrected chi connectivity index (χ2v) is 6.64. The molecule has 0 spiro atoms. The van der Waals surface area contributed by atoms with Crippen molar-refractivity contribution in [1.29, 1.82) is 0 Å². The average molecular weight is 399 g/mol. The minimum Gasteiger partial charge on any atom is -0.480 e. The van der Waals surface area contributed by atoms with Crippen molar-refractivity contribution >= 4 is 11.5 Å². The molecule has 4 heterocycles. The summed E-state index contributed by atoms with van der Waals surface area (Å²) in [5.41, 5.74) is 2.21. The molecule has 1 N–H and O–H groups in total. The van der Waals surface area contributed by atoms with Crippen LogP contribution in [0.2, 0.25) is 0 Å². The molecular weight excluding hydrogens is 374 g/mol. The third-order valence-electron chi connectivity index (χ3n) is 4.86. The summed E-state index contributed by atoms with van der Waals surface area (Å²) in [6, 6.07) is 2.16. The van der Waals surface area contributed by atoms with Crippen molar-refractivity contribution in [3.63, 3.8) is 0 Å². The van der Waals surface area contributed by atoms with Crippen molar-refractivity contribution in [2.75, 3.05) is 58.9 Å². The molecule has 1 fully saturated rings. The van der Waals surface area contributed by atoms with Crippen LogP contribution in [0.1, 0.15) is 6.42 Å². The van der Waals surface area contributed by atoms with Gasteiger partial charge in [0, 0.05) is 32.0 Å². The minimum atomic E-state index is 0.248. The Balaban J connectivity index is 1.49. The summed E-state index contributed by atoms with van der Waals surface area (Å²) in [6.07, 6.45) is 6.21. The Morgan fingerprint density at radius 1 is 1.10 bits per heavy atom. The number of aromatic nitrogens is 5. The molecule has 3 aromatic heterocycles. The molecule has 10 nitrogen and oxygen atoms in total. The van der Waals surface area contributed by atoms with E-state index in [-0.39, 0.29) is 6.01 Å². The third-order valence-corrected chi connectivity index (χ3v) is 4.86. The van der Waals surface area contributed by atoms with Crippen LogP contribution in [0.4, 0.5) is 5.82 Å². The van der Waals surface area contributed by atoms with Gasteiger partial charge in [-0.15, -0.1) is 0 Å². The van der Waals surface area contributed by atoms with Crippen molar-refractivity contribution in [2.24, 2.45) is 0 Å². The predicted octanol–water partition coefficient (Wildman–Crippen LogP) is 1.34. The molecule has 0 aromatic carbocycles. The largest absolute Gasteiger partial charge is 0.480 e. The highest BCUT2D eigenvalue weighted by Crippen LogP contribution is 2.31. The Morgan fingerprint density at radius 2 is 1.97 bits per heavy atom. The normalized spacial score (nSPS) is 14.8. The summed E-state index contributed by atoms with van der Waals surface area (Å²) in [5.74, 6) is 1.30. The topological polar surface area (TPSA) is 98.9 Å². The molecule has 1 aliphatic heterocycles. The first-order chi connectivity index (χ1) is 14.3. The number of fused-ring (bicyclic) bond motifs is 1. The van der Waals surface area contributed by atoms with Crippen LogP contribution in [-0.2, 0) is 4.74 Å². The van der Waals surface area contributed by atoms with Crippen LogP contribution < -0.4 is 14.8 Å². The number of morpholine rings is 1. The zero-order valence-corrected chi connectivity index (χ0v) is 16.7. The van der Waals surface area contributed by atoms with Crippen LogP contribution in [0, 0.1) is 0 Å². The summed E-state index contributed by atoms with van der Waals surface area (Å²) >= 11 is 0. The fourth-order valence-electron chi connectivity index (χ4n) is 3.35. The van der Waals surface area contributed by atoms with E-state index in [1.807, 2.05) is 6.07 Å². The second kappa shape index (κ2) is 9.01. The van der Waals surface area contributed by atoms with Gasteiger partial charge in [0.2, 0.25) is 5.88 Å². The van der Waals surface area contributed by atoms with Gasteiger partial charge in [0.25, 0.3) is 0 Å². The van der Waals surface area contributed by atoms with Gasteiger partial charge in [-0.05, 0) is 19.0 Å². The number of rotatable bonds is 8. The average Bonchev–Trinajstić information content (AvgIpc) is 3.21. The lowest BCUT2D eigenvalue weighted by molar-refractivity contribution is 0.0378. The van der Waals surface area contributed by atoms with E-state index in [4.69, 9.17) is 14.2 Å². The molecule has 3 aromatic rings. The lowest BCUT2D eigenvalue weighted by atomic mass is 10.2.